The van der Waals surface area contributed by atoms with Gasteiger partial charge < -0.3 is 10.0 Å². The highest BCUT2D eigenvalue weighted by molar-refractivity contribution is 6.31. The second-order valence-electron chi connectivity index (χ2n) is 6.73. The van der Waals surface area contributed by atoms with E-state index in [-0.39, 0.29) is 0 Å². The van der Waals surface area contributed by atoms with E-state index in [1.165, 1.54) is 10.8 Å². The van der Waals surface area contributed by atoms with Crippen LogP contribution in [0.15, 0.2) is 48.5 Å². The van der Waals surface area contributed by atoms with Crippen LogP contribution in [0, 0.1) is 0 Å². The van der Waals surface area contributed by atoms with Gasteiger partial charge in [-0.05, 0) is 71.2 Å². The second kappa shape index (κ2) is 8.18. The Bertz CT molecular complexity index is 855. The molecule has 0 radical (unpaired) electrons. The maximum absolute atomic E-state index is 10.8. The highest BCUT2D eigenvalue weighted by Gasteiger charge is 2.14. The number of nitrogens with zero attached hydrogens (tertiary/aromatic N) is 1. The van der Waals surface area contributed by atoms with Gasteiger partial charge >= 0.3 is 0 Å². The van der Waals surface area contributed by atoms with Gasteiger partial charge in [-0.15, -0.1) is 0 Å². The molecule has 0 amide bonds. The first-order chi connectivity index (χ1) is 12.1. The van der Waals surface area contributed by atoms with Crippen molar-refractivity contribution < 1.29 is 5.11 Å². The lowest BCUT2D eigenvalue weighted by Crippen LogP contribution is -2.30. The summed E-state index contributed by atoms with van der Waals surface area (Å²) in [4.78, 5) is 2.34. The minimum absolute atomic E-state index is 0.475. The number of aliphatic hydroxyl groups is 1. The summed E-state index contributed by atoms with van der Waals surface area (Å²) in [5, 5.41) is 16.1. The topological polar surface area (TPSA) is 23.5 Å². The summed E-state index contributed by atoms with van der Waals surface area (Å²) >= 11 is 6.20. The molecule has 0 fully saturated rings. The Balaban J connectivity index is 1.96. The van der Waals surface area contributed by atoms with Crippen molar-refractivity contribution in [3.8, 4) is 0 Å². The van der Waals surface area contributed by atoms with E-state index in [9.17, 15) is 5.11 Å². The molecule has 1 N–H and O–H groups in total. The van der Waals surface area contributed by atoms with Crippen LogP contribution in [-0.2, 0) is 0 Å². The highest BCUT2D eigenvalue weighted by atomic mass is 35.5. The summed E-state index contributed by atoms with van der Waals surface area (Å²) in [6, 6.07) is 16.5. The van der Waals surface area contributed by atoms with Crippen LogP contribution in [0.1, 0.15) is 38.4 Å². The highest BCUT2D eigenvalue weighted by Crippen LogP contribution is 2.30. The van der Waals surface area contributed by atoms with Crippen molar-refractivity contribution in [1.82, 2.24) is 4.90 Å². The van der Waals surface area contributed by atoms with E-state index in [1.807, 2.05) is 24.3 Å². The Labute approximate surface area is 155 Å². The number of halogens is 1. The summed E-state index contributed by atoms with van der Waals surface area (Å²) in [7, 11) is 0. The Morgan fingerprint density at radius 1 is 0.880 bits per heavy atom. The third-order valence-corrected chi connectivity index (χ3v) is 4.96. The van der Waals surface area contributed by atoms with Gasteiger partial charge in [-0.3, -0.25) is 0 Å². The molecule has 25 heavy (non-hydrogen) atoms. The SMILES string of the molecule is CCCN(CCC)C[C@@H](O)c1ccc2ccc3ccc(Cl)cc3c2c1. The zero-order valence-electron chi connectivity index (χ0n) is 15.0. The molecule has 0 bridgehead atoms. The summed E-state index contributed by atoms with van der Waals surface area (Å²) < 4.78 is 0. The molecular formula is C22H26ClNO. The van der Waals surface area contributed by atoms with E-state index < -0.39 is 6.10 Å². The van der Waals surface area contributed by atoms with Crippen LogP contribution in [0.5, 0.6) is 0 Å². The Morgan fingerprint density at radius 2 is 1.44 bits per heavy atom. The lowest BCUT2D eigenvalue weighted by Gasteiger charge is -2.24. The fraction of sp³-hybridized carbons (Fsp3) is 0.364. The van der Waals surface area contributed by atoms with Crippen molar-refractivity contribution >= 4 is 33.1 Å². The van der Waals surface area contributed by atoms with Crippen molar-refractivity contribution in [3.05, 3.63) is 59.1 Å². The summed E-state index contributed by atoms with van der Waals surface area (Å²) in [5.74, 6) is 0. The largest absolute Gasteiger partial charge is 0.387 e. The van der Waals surface area contributed by atoms with Crippen LogP contribution in [-0.4, -0.2) is 29.6 Å². The minimum atomic E-state index is -0.475. The maximum atomic E-state index is 10.8. The van der Waals surface area contributed by atoms with Gasteiger partial charge in [0.2, 0.25) is 0 Å². The lowest BCUT2D eigenvalue weighted by molar-refractivity contribution is 0.113. The number of rotatable bonds is 7. The summed E-state index contributed by atoms with van der Waals surface area (Å²) in [6.07, 6.45) is 1.73. The monoisotopic (exact) mass is 355 g/mol. The summed E-state index contributed by atoms with van der Waals surface area (Å²) in [5.41, 5.74) is 0.970. The first-order valence-corrected chi connectivity index (χ1v) is 9.52. The first kappa shape index (κ1) is 18.2. The normalized spacial score (nSPS) is 13.0. The van der Waals surface area contributed by atoms with Gasteiger partial charge in [-0.2, -0.15) is 0 Å². The van der Waals surface area contributed by atoms with Crippen molar-refractivity contribution in [2.75, 3.05) is 19.6 Å². The molecule has 0 aliphatic rings. The summed E-state index contributed by atoms with van der Waals surface area (Å²) in [6.45, 7) is 7.09. The molecule has 3 aromatic carbocycles. The predicted molar refractivity (Wildman–Crippen MR) is 108 cm³/mol. The van der Waals surface area contributed by atoms with Crippen LogP contribution in [0.2, 0.25) is 5.02 Å². The van der Waals surface area contributed by atoms with Gasteiger partial charge in [-0.25, -0.2) is 0 Å². The molecule has 0 saturated carbocycles. The van der Waals surface area contributed by atoms with Gasteiger partial charge in [0.05, 0.1) is 6.10 Å². The van der Waals surface area contributed by atoms with Gasteiger partial charge in [-0.1, -0.05) is 55.8 Å². The Kier molecular flexibility index (Phi) is 5.95. The van der Waals surface area contributed by atoms with Gasteiger partial charge in [0.15, 0.2) is 0 Å². The smallest absolute Gasteiger partial charge is 0.0917 e. The molecular weight excluding hydrogens is 330 g/mol. The van der Waals surface area contributed by atoms with Crippen molar-refractivity contribution in [1.29, 1.82) is 0 Å². The van der Waals surface area contributed by atoms with E-state index in [4.69, 9.17) is 11.6 Å². The number of benzene rings is 3. The molecule has 0 unspecified atom stereocenters. The van der Waals surface area contributed by atoms with Crippen molar-refractivity contribution in [2.45, 2.75) is 32.8 Å². The van der Waals surface area contributed by atoms with Gasteiger partial charge in [0.1, 0.15) is 0 Å². The molecule has 0 aromatic heterocycles. The molecule has 0 heterocycles. The quantitative estimate of drug-likeness (QED) is 0.541. The third-order valence-electron chi connectivity index (χ3n) is 4.72. The minimum Gasteiger partial charge on any atom is -0.387 e. The predicted octanol–water partition coefficient (Wildman–Crippen LogP) is 5.80. The zero-order valence-corrected chi connectivity index (χ0v) is 15.8. The average Bonchev–Trinajstić information content (AvgIpc) is 2.61. The van der Waals surface area contributed by atoms with Crippen LogP contribution < -0.4 is 0 Å². The van der Waals surface area contributed by atoms with E-state index in [1.54, 1.807) is 0 Å². The molecule has 0 aliphatic carbocycles. The van der Waals surface area contributed by atoms with Gasteiger partial charge in [0, 0.05) is 11.6 Å². The molecule has 132 valence electrons. The third kappa shape index (κ3) is 4.14. The molecule has 3 aromatic rings. The van der Waals surface area contributed by atoms with Gasteiger partial charge in [0.25, 0.3) is 0 Å². The molecule has 3 heteroatoms. The van der Waals surface area contributed by atoms with E-state index in [2.05, 4.69) is 43.0 Å². The maximum Gasteiger partial charge on any atom is 0.0917 e. The van der Waals surface area contributed by atoms with Crippen molar-refractivity contribution in [3.63, 3.8) is 0 Å². The number of fused-ring (bicyclic) bond motifs is 3. The Hall–Kier alpha value is -1.61. The van der Waals surface area contributed by atoms with Crippen LogP contribution in [0.3, 0.4) is 0 Å². The van der Waals surface area contributed by atoms with Crippen LogP contribution in [0.25, 0.3) is 21.5 Å². The van der Waals surface area contributed by atoms with E-state index >= 15 is 0 Å². The molecule has 0 aliphatic heterocycles. The van der Waals surface area contributed by atoms with Crippen LogP contribution in [0.4, 0.5) is 0 Å². The fourth-order valence-electron chi connectivity index (χ4n) is 3.52. The number of hydrogen-bond donors (Lipinski definition) is 1. The molecule has 2 nitrogen and oxygen atoms in total. The fourth-order valence-corrected chi connectivity index (χ4v) is 3.70. The average molecular weight is 356 g/mol. The van der Waals surface area contributed by atoms with Crippen molar-refractivity contribution in [2.24, 2.45) is 0 Å². The lowest BCUT2D eigenvalue weighted by atomic mass is 9.98. The second-order valence-corrected chi connectivity index (χ2v) is 7.16. The molecule has 1 atom stereocenters. The molecule has 3 rings (SSSR count). The van der Waals surface area contributed by atoms with Crippen LogP contribution >= 0.6 is 11.6 Å². The number of aliphatic hydroxyl groups excluding tert-OH is 1. The first-order valence-electron chi connectivity index (χ1n) is 9.14. The Morgan fingerprint density at radius 3 is 2.08 bits per heavy atom. The molecule has 0 saturated heterocycles. The van der Waals surface area contributed by atoms with E-state index in [0.717, 1.165) is 47.3 Å². The zero-order chi connectivity index (χ0) is 17.8. The standard InChI is InChI=1S/C22H26ClNO/c1-3-11-24(12-4-2)15-22(25)18-8-7-16-5-6-17-9-10-19(23)14-21(17)20(16)13-18/h5-10,13-14,22,25H,3-4,11-12,15H2,1-2H3/t22-/m1/s1. The van der Waals surface area contributed by atoms with E-state index in [0.29, 0.717) is 6.54 Å². The molecule has 0 spiro atoms. The number of hydrogen-bond acceptors (Lipinski definition) is 2.